The first kappa shape index (κ1) is 14.6. The first-order valence-electron chi connectivity index (χ1n) is 7.83. The quantitative estimate of drug-likeness (QED) is 0.909. The second-order valence-corrected chi connectivity index (χ2v) is 6.07. The maximum Gasteiger partial charge on any atom is 0.159 e. The van der Waals surface area contributed by atoms with Crippen LogP contribution in [-0.2, 0) is 0 Å². The summed E-state index contributed by atoms with van der Waals surface area (Å²) in [5.74, 6) is 2.31. The van der Waals surface area contributed by atoms with Crippen LogP contribution in [0.25, 0.3) is 0 Å². The zero-order valence-electron chi connectivity index (χ0n) is 13.2. The maximum atomic E-state index is 6.32. The third-order valence-electron chi connectivity index (χ3n) is 4.34. The van der Waals surface area contributed by atoms with Gasteiger partial charge in [0.2, 0.25) is 0 Å². The Bertz CT molecular complexity index is 647. The number of nitrogens with zero attached hydrogens (tertiary/aromatic N) is 3. The van der Waals surface area contributed by atoms with E-state index in [2.05, 4.69) is 40.1 Å². The smallest absolute Gasteiger partial charge is 0.159 e. The van der Waals surface area contributed by atoms with E-state index >= 15 is 0 Å². The lowest BCUT2D eigenvalue weighted by molar-refractivity contribution is 0.437. The van der Waals surface area contributed by atoms with Crippen LogP contribution in [0.5, 0.6) is 0 Å². The van der Waals surface area contributed by atoms with E-state index in [1.807, 2.05) is 18.2 Å². The molecule has 3 rings (SSSR count). The molecule has 22 heavy (non-hydrogen) atoms. The average Bonchev–Trinajstić information content (AvgIpc) is 2.52. The molecule has 0 radical (unpaired) electrons. The van der Waals surface area contributed by atoms with Crippen LogP contribution >= 0.6 is 0 Å². The van der Waals surface area contributed by atoms with Crippen LogP contribution in [-0.4, -0.2) is 23.1 Å². The molecule has 0 saturated carbocycles. The number of benzene rings is 1. The normalized spacial score (nSPS) is 15.8. The Hall–Kier alpha value is -2.30. The fourth-order valence-corrected chi connectivity index (χ4v) is 2.80. The first-order valence-corrected chi connectivity index (χ1v) is 7.83. The van der Waals surface area contributed by atoms with Crippen molar-refractivity contribution in [3.05, 3.63) is 36.2 Å². The molecular formula is C17H23N5. The average molecular weight is 297 g/mol. The number of aryl methyl sites for hydroxylation is 1. The van der Waals surface area contributed by atoms with Gasteiger partial charge in [-0.1, -0.05) is 25.1 Å². The molecule has 1 aliphatic rings. The summed E-state index contributed by atoms with van der Waals surface area (Å²) in [5, 5.41) is 3.33. The molecule has 1 aliphatic heterocycles. The van der Waals surface area contributed by atoms with Crippen molar-refractivity contribution in [2.24, 2.45) is 5.92 Å². The molecule has 0 bridgehead atoms. The second kappa shape index (κ2) is 6.22. The number of para-hydroxylation sites is 1. The Morgan fingerprint density at radius 2 is 1.91 bits per heavy atom. The van der Waals surface area contributed by atoms with Crippen molar-refractivity contribution in [2.45, 2.75) is 26.7 Å². The van der Waals surface area contributed by atoms with Crippen LogP contribution in [0.3, 0.4) is 0 Å². The van der Waals surface area contributed by atoms with Crippen LogP contribution in [0.1, 0.15) is 25.3 Å². The van der Waals surface area contributed by atoms with Crippen LogP contribution in [0.2, 0.25) is 0 Å². The van der Waals surface area contributed by atoms with Gasteiger partial charge in [0.15, 0.2) is 11.6 Å². The van der Waals surface area contributed by atoms with Gasteiger partial charge < -0.3 is 16.0 Å². The highest BCUT2D eigenvalue weighted by atomic mass is 15.2. The van der Waals surface area contributed by atoms with E-state index in [4.69, 9.17) is 5.73 Å². The molecule has 2 heterocycles. The summed E-state index contributed by atoms with van der Waals surface area (Å²) in [7, 11) is 0. The Morgan fingerprint density at radius 1 is 1.18 bits per heavy atom. The van der Waals surface area contributed by atoms with E-state index < -0.39 is 0 Å². The molecule has 1 aromatic carbocycles. The predicted molar refractivity (Wildman–Crippen MR) is 91.5 cm³/mol. The van der Waals surface area contributed by atoms with Gasteiger partial charge in [0, 0.05) is 18.8 Å². The first-order chi connectivity index (χ1) is 10.6. The van der Waals surface area contributed by atoms with Crippen molar-refractivity contribution >= 4 is 23.0 Å². The van der Waals surface area contributed by atoms with Crippen LogP contribution in [0.15, 0.2) is 30.6 Å². The second-order valence-electron chi connectivity index (χ2n) is 6.07. The monoisotopic (exact) mass is 297 g/mol. The highest BCUT2D eigenvalue weighted by Crippen LogP contribution is 2.31. The largest absolute Gasteiger partial charge is 0.393 e. The zero-order valence-corrected chi connectivity index (χ0v) is 13.2. The third-order valence-corrected chi connectivity index (χ3v) is 4.34. The summed E-state index contributed by atoms with van der Waals surface area (Å²) in [4.78, 5) is 11.0. The topological polar surface area (TPSA) is 67.1 Å². The van der Waals surface area contributed by atoms with Crippen LogP contribution in [0, 0.1) is 12.8 Å². The van der Waals surface area contributed by atoms with Crippen molar-refractivity contribution < 1.29 is 0 Å². The summed E-state index contributed by atoms with van der Waals surface area (Å²) in [6.45, 7) is 6.37. The van der Waals surface area contributed by atoms with Gasteiger partial charge in [0.25, 0.3) is 0 Å². The van der Waals surface area contributed by atoms with Gasteiger partial charge in [0.1, 0.15) is 12.0 Å². The Kier molecular flexibility index (Phi) is 4.13. The van der Waals surface area contributed by atoms with Crippen molar-refractivity contribution in [3.8, 4) is 0 Å². The minimum atomic E-state index is 0.625. The number of nitrogens with one attached hydrogen (secondary N) is 1. The Labute approximate surface area is 131 Å². The number of hydrogen-bond acceptors (Lipinski definition) is 5. The SMILES string of the molecule is Cc1ccccc1Nc1ncnc(N2CCC(C)CC2)c1N. The van der Waals surface area contributed by atoms with E-state index in [9.17, 15) is 0 Å². The van der Waals surface area contributed by atoms with Gasteiger partial charge in [-0.3, -0.25) is 0 Å². The van der Waals surface area contributed by atoms with Crippen LogP contribution in [0.4, 0.5) is 23.0 Å². The van der Waals surface area contributed by atoms with Gasteiger partial charge in [-0.15, -0.1) is 0 Å². The number of nitrogens with two attached hydrogens (primary N) is 1. The Balaban J connectivity index is 1.84. The molecule has 0 unspecified atom stereocenters. The molecule has 0 atom stereocenters. The molecular weight excluding hydrogens is 274 g/mol. The number of piperidine rings is 1. The predicted octanol–water partition coefficient (Wildman–Crippen LogP) is 3.35. The van der Waals surface area contributed by atoms with Gasteiger partial charge in [0.05, 0.1) is 0 Å². The van der Waals surface area contributed by atoms with E-state index in [0.717, 1.165) is 36.1 Å². The summed E-state index contributed by atoms with van der Waals surface area (Å²) in [6, 6.07) is 8.11. The zero-order chi connectivity index (χ0) is 15.5. The minimum Gasteiger partial charge on any atom is -0.393 e. The molecule has 5 heteroatoms. The standard InChI is InChI=1S/C17H23N5/c1-12-7-9-22(10-8-12)17-15(18)16(19-11-20-17)21-14-6-4-3-5-13(14)2/h3-6,11-12H,7-10,18H2,1-2H3,(H,19,20,21). The molecule has 0 aliphatic carbocycles. The maximum absolute atomic E-state index is 6.32. The van der Waals surface area contributed by atoms with E-state index in [1.54, 1.807) is 6.33 Å². The van der Waals surface area contributed by atoms with Crippen molar-refractivity contribution in [2.75, 3.05) is 29.0 Å². The molecule has 1 fully saturated rings. The summed E-state index contributed by atoms with van der Waals surface area (Å²) in [6.07, 6.45) is 3.96. The number of anilines is 4. The number of nitrogen functional groups attached to an aromatic ring is 1. The van der Waals surface area contributed by atoms with E-state index in [1.165, 1.54) is 12.8 Å². The lowest BCUT2D eigenvalue weighted by Gasteiger charge is -2.32. The van der Waals surface area contributed by atoms with Gasteiger partial charge in [-0.05, 0) is 37.3 Å². The third kappa shape index (κ3) is 2.98. The Morgan fingerprint density at radius 3 is 2.64 bits per heavy atom. The van der Waals surface area contributed by atoms with Gasteiger partial charge in [-0.25, -0.2) is 9.97 Å². The highest BCUT2D eigenvalue weighted by molar-refractivity contribution is 5.78. The summed E-state index contributed by atoms with van der Waals surface area (Å²) in [5.41, 5.74) is 9.12. The molecule has 1 saturated heterocycles. The van der Waals surface area contributed by atoms with E-state index in [-0.39, 0.29) is 0 Å². The minimum absolute atomic E-state index is 0.625. The molecule has 2 aromatic rings. The molecule has 0 spiro atoms. The van der Waals surface area contributed by atoms with Gasteiger partial charge >= 0.3 is 0 Å². The number of hydrogen-bond donors (Lipinski definition) is 2. The molecule has 1 aromatic heterocycles. The van der Waals surface area contributed by atoms with Crippen molar-refractivity contribution in [3.63, 3.8) is 0 Å². The molecule has 0 amide bonds. The lowest BCUT2D eigenvalue weighted by Crippen LogP contribution is -2.34. The lowest BCUT2D eigenvalue weighted by atomic mass is 9.99. The van der Waals surface area contributed by atoms with Crippen molar-refractivity contribution in [1.29, 1.82) is 0 Å². The molecule has 3 N–H and O–H groups in total. The number of aromatic nitrogens is 2. The van der Waals surface area contributed by atoms with E-state index in [0.29, 0.717) is 11.5 Å². The van der Waals surface area contributed by atoms with Crippen LogP contribution < -0.4 is 16.0 Å². The van der Waals surface area contributed by atoms with Crippen molar-refractivity contribution in [1.82, 2.24) is 9.97 Å². The fraction of sp³-hybridized carbons (Fsp3) is 0.412. The summed E-state index contributed by atoms with van der Waals surface area (Å²) < 4.78 is 0. The highest BCUT2D eigenvalue weighted by Gasteiger charge is 2.20. The number of rotatable bonds is 3. The molecule has 5 nitrogen and oxygen atoms in total. The molecule has 116 valence electrons. The fourth-order valence-electron chi connectivity index (χ4n) is 2.80. The van der Waals surface area contributed by atoms with Gasteiger partial charge in [-0.2, -0.15) is 0 Å². The summed E-state index contributed by atoms with van der Waals surface area (Å²) >= 11 is 0.